The van der Waals surface area contributed by atoms with E-state index in [1.807, 2.05) is 0 Å². The monoisotopic (exact) mass is 326 g/mol. The highest BCUT2D eigenvalue weighted by Gasteiger charge is 2.25. The molecule has 0 saturated heterocycles. The molecule has 0 aliphatic heterocycles. The van der Waals surface area contributed by atoms with Crippen molar-refractivity contribution in [1.29, 1.82) is 0 Å². The molecule has 2 unspecified atom stereocenters. The number of methoxy groups -OCH3 is 1. The molecule has 1 saturated carbocycles. The van der Waals surface area contributed by atoms with E-state index in [-0.39, 0.29) is 17.9 Å². The van der Waals surface area contributed by atoms with Crippen LogP contribution in [0.5, 0.6) is 5.75 Å². The van der Waals surface area contributed by atoms with Crippen molar-refractivity contribution in [3.8, 4) is 5.75 Å². The second-order valence-electron chi connectivity index (χ2n) is 5.60. The van der Waals surface area contributed by atoms with E-state index in [0.717, 1.165) is 25.7 Å². The molecule has 1 amide bonds. The second-order valence-corrected chi connectivity index (χ2v) is 6.01. The average molecular weight is 327 g/mol. The van der Waals surface area contributed by atoms with Gasteiger partial charge in [-0.15, -0.1) is 0 Å². The van der Waals surface area contributed by atoms with Crippen LogP contribution in [0.3, 0.4) is 0 Å². The quantitative estimate of drug-likeness (QED) is 0.788. The van der Waals surface area contributed by atoms with Gasteiger partial charge >= 0.3 is 0 Å². The van der Waals surface area contributed by atoms with Crippen LogP contribution in [0.25, 0.3) is 0 Å². The van der Waals surface area contributed by atoms with E-state index >= 15 is 0 Å². The van der Waals surface area contributed by atoms with Crippen LogP contribution >= 0.6 is 11.6 Å². The van der Waals surface area contributed by atoms with E-state index in [9.17, 15) is 4.79 Å². The van der Waals surface area contributed by atoms with Crippen molar-refractivity contribution in [2.75, 3.05) is 25.6 Å². The van der Waals surface area contributed by atoms with Gasteiger partial charge in [-0.2, -0.15) is 0 Å². The molecule has 0 radical (unpaired) electrons. The molecule has 2 atom stereocenters. The topological polar surface area (TPSA) is 73.6 Å². The molecule has 6 heteroatoms. The van der Waals surface area contributed by atoms with Gasteiger partial charge in [-0.25, -0.2) is 0 Å². The van der Waals surface area contributed by atoms with Crippen molar-refractivity contribution in [2.24, 2.45) is 11.7 Å². The minimum atomic E-state index is -0.0137. The number of hydrogen-bond acceptors (Lipinski definition) is 4. The Balaban J connectivity index is 1.92. The molecule has 1 aliphatic carbocycles. The Hall–Kier alpha value is -1.30. The van der Waals surface area contributed by atoms with Gasteiger partial charge in [0.1, 0.15) is 12.4 Å². The predicted octanol–water partition coefficient (Wildman–Crippen LogP) is 2.82. The lowest BCUT2D eigenvalue weighted by atomic mass is 9.85. The Morgan fingerprint density at radius 1 is 1.41 bits per heavy atom. The number of hydrogen-bond donors (Lipinski definition) is 2. The average Bonchev–Trinajstić information content (AvgIpc) is 2.49. The lowest BCUT2D eigenvalue weighted by Gasteiger charge is -2.25. The fourth-order valence-electron chi connectivity index (χ4n) is 2.64. The third-order valence-electron chi connectivity index (χ3n) is 3.83. The standard InChI is InChI=1S/C16H23ClN2O3/c1-21-7-8-22-15-6-5-13(10-14(15)17)19-16(20)11-3-2-4-12(18)9-11/h5-6,10-12H,2-4,7-9,18H2,1H3,(H,19,20). The van der Waals surface area contributed by atoms with Crippen molar-refractivity contribution < 1.29 is 14.3 Å². The number of anilines is 1. The van der Waals surface area contributed by atoms with E-state index in [1.54, 1.807) is 25.3 Å². The van der Waals surface area contributed by atoms with E-state index in [4.69, 9.17) is 26.8 Å². The summed E-state index contributed by atoms with van der Waals surface area (Å²) in [4.78, 5) is 12.3. The molecule has 2 rings (SSSR count). The highest BCUT2D eigenvalue weighted by molar-refractivity contribution is 6.32. The largest absolute Gasteiger partial charge is 0.490 e. The summed E-state index contributed by atoms with van der Waals surface area (Å²) in [5, 5.41) is 3.38. The maximum Gasteiger partial charge on any atom is 0.227 e. The van der Waals surface area contributed by atoms with E-state index < -0.39 is 0 Å². The minimum absolute atomic E-state index is 0.0132. The molecular formula is C16H23ClN2O3. The molecule has 1 aliphatic rings. The highest BCUT2D eigenvalue weighted by atomic mass is 35.5. The van der Waals surface area contributed by atoms with Gasteiger partial charge in [0.25, 0.3) is 0 Å². The van der Waals surface area contributed by atoms with Crippen molar-refractivity contribution in [3.63, 3.8) is 0 Å². The molecule has 22 heavy (non-hydrogen) atoms. The third-order valence-corrected chi connectivity index (χ3v) is 4.13. The maximum absolute atomic E-state index is 12.3. The van der Waals surface area contributed by atoms with Crippen LogP contribution < -0.4 is 15.8 Å². The fourth-order valence-corrected chi connectivity index (χ4v) is 2.88. The summed E-state index contributed by atoms with van der Waals surface area (Å²) in [6.07, 6.45) is 3.65. The number of ether oxygens (including phenoxy) is 2. The number of rotatable bonds is 6. The van der Waals surface area contributed by atoms with Crippen LogP contribution in [0.2, 0.25) is 5.02 Å². The van der Waals surface area contributed by atoms with Gasteiger partial charge in [-0.1, -0.05) is 18.0 Å². The maximum atomic E-state index is 12.3. The lowest BCUT2D eigenvalue weighted by molar-refractivity contribution is -0.120. The van der Waals surface area contributed by atoms with Gasteiger partial charge in [-0.3, -0.25) is 4.79 Å². The van der Waals surface area contributed by atoms with E-state index in [0.29, 0.717) is 29.7 Å². The summed E-state index contributed by atoms with van der Waals surface area (Å²) in [5.41, 5.74) is 6.60. The zero-order valence-corrected chi connectivity index (χ0v) is 13.6. The van der Waals surface area contributed by atoms with Crippen LogP contribution in [-0.4, -0.2) is 32.3 Å². The number of nitrogens with one attached hydrogen (secondary N) is 1. The number of amides is 1. The molecule has 1 aromatic carbocycles. The van der Waals surface area contributed by atoms with Gasteiger partial charge in [0, 0.05) is 24.8 Å². The molecule has 1 aromatic rings. The van der Waals surface area contributed by atoms with Gasteiger partial charge in [0.2, 0.25) is 5.91 Å². The van der Waals surface area contributed by atoms with E-state index in [1.165, 1.54) is 0 Å². The Morgan fingerprint density at radius 3 is 2.91 bits per heavy atom. The summed E-state index contributed by atoms with van der Waals surface area (Å²) < 4.78 is 10.4. The number of carbonyl (C=O) groups is 1. The zero-order valence-electron chi connectivity index (χ0n) is 12.8. The van der Waals surface area contributed by atoms with E-state index in [2.05, 4.69) is 5.32 Å². The number of halogens is 1. The molecule has 3 N–H and O–H groups in total. The van der Waals surface area contributed by atoms with Gasteiger partial charge in [0.05, 0.1) is 11.6 Å². The Bertz CT molecular complexity index is 510. The first kappa shape index (κ1) is 17.1. The third kappa shape index (κ3) is 4.87. The van der Waals surface area contributed by atoms with Crippen LogP contribution in [-0.2, 0) is 9.53 Å². The van der Waals surface area contributed by atoms with Gasteiger partial charge in [0.15, 0.2) is 0 Å². The number of carbonyl (C=O) groups excluding carboxylic acids is 1. The highest BCUT2D eigenvalue weighted by Crippen LogP contribution is 2.29. The molecule has 0 bridgehead atoms. The number of benzene rings is 1. The van der Waals surface area contributed by atoms with Crippen LogP contribution in [0.15, 0.2) is 18.2 Å². The Kier molecular flexibility index (Phi) is 6.49. The normalized spacial score (nSPS) is 21.4. The van der Waals surface area contributed by atoms with Crippen LogP contribution in [0, 0.1) is 5.92 Å². The molecule has 0 aromatic heterocycles. The van der Waals surface area contributed by atoms with Crippen molar-refractivity contribution in [1.82, 2.24) is 0 Å². The molecule has 1 fully saturated rings. The summed E-state index contributed by atoms with van der Waals surface area (Å²) in [5.74, 6) is 0.579. The van der Waals surface area contributed by atoms with Crippen LogP contribution in [0.1, 0.15) is 25.7 Å². The summed E-state index contributed by atoms with van der Waals surface area (Å²) in [7, 11) is 1.61. The summed E-state index contributed by atoms with van der Waals surface area (Å²) >= 11 is 6.16. The van der Waals surface area contributed by atoms with Gasteiger partial charge < -0.3 is 20.5 Å². The first-order chi connectivity index (χ1) is 10.6. The number of nitrogens with two attached hydrogens (primary N) is 1. The smallest absolute Gasteiger partial charge is 0.227 e. The van der Waals surface area contributed by atoms with Crippen LogP contribution in [0.4, 0.5) is 5.69 Å². The summed E-state index contributed by atoms with van der Waals surface area (Å²) in [6, 6.07) is 5.36. The SMILES string of the molecule is COCCOc1ccc(NC(=O)C2CCCC(N)C2)cc1Cl. The molecule has 0 spiro atoms. The van der Waals surface area contributed by atoms with Crippen molar-refractivity contribution >= 4 is 23.2 Å². The van der Waals surface area contributed by atoms with Crippen molar-refractivity contribution in [3.05, 3.63) is 23.2 Å². The Labute approximate surface area is 136 Å². The predicted molar refractivity (Wildman–Crippen MR) is 87.4 cm³/mol. The molecular weight excluding hydrogens is 304 g/mol. The first-order valence-corrected chi connectivity index (χ1v) is 7.95. The Morgan fingerprint density at radius 2 is 2.23 bits per heavy atom. The first-order valence-electron chi connectivity index (χ1n) is 7.58. The fraction of sp³-hybridized carbons (Fsp3) is 0.562. The second kappa shape index (κ2) is 8.36. The zero-order chi connectivity index (χ0) is 15.9. The molecule has 122 valence electrons. The van der Waals surface area contributed by atoms with Gasteiger partial charge in [-0.05, 0) is 37.5 Å². The summed E-state index contributed by atoms with van der Waals surface area (Å²) in [6.45, 7) is 0.929. The molecule has 0 heterocycles. The molecule has 5 nitrogen and oxygen atoms in total. The minimum Gasteiger partial charge on any atom is -0.490 e. The lowest BCUT2D eigenvalue weighted by Crippen LogP contribution is -2.34. The van der Waals surface area contributed by atoms with Crippen molar-refractivity contribution in [2.45, 2.75) is 31.7 Å².